The lowest BCUT2D eigenvalue weighted by Gasteiger charge is -2.19. The number of aromatic nitrogens is 2. The first-order valence-corrected chi connectivity index (χ1v) is 6.50. The van der Waals surface area contributed by atoms with Gasteiger partial charge in [-0.1, -0.05) is 12.1 Å². The molecule has 1 saturated carbocycles. The number of carbonyl (C=O) groups is 2. The Balaban J connectivity index is 1.70. The first kappa shape index (κ1) is 11.9. The zero-order valence-electron chi connectivity index (χ0n) is 10.5. The second kappa shape index (κ2) is 4.84. The van der Waals surface area contributed by atoms with Crippen LogP contribution in [-0.4, -0.2) is 21.7 Å². The Hall–Kier alpha value is -2.17. The van der Waals surface area contributed by atoms with Gasteiger partial charge in [0.05, 0.1) is 11.0 Å². The van der Waals surface area contributed by atoms with Crippen molar-refractivity contribution < 1.29 is 9.59 Å². The predicted octanol–water partition coefficient (Wildman–Crippen LogP) is 2.26. The highest BCUT2D eigenvalue weighted by Gasteiger charge is 2.25. The third-order valence-corrected chi connectivity index (χ3v) is 3.55. The number of carbonyl (C=O) groups excluding carboxylic acids is 2. The summed E-state index contributed by atoms with van der Waals surface area (Å²) in [6.07, 6.45) is 2.31. The van der Waals surface area contributed by atoms with Crippen LogP contribution in [-0.2, 0) is 9.59 Å². The Morgan fingerprint density at radius 3 is 2.74 bits per heavy atom. The van der Waals surface area contributed by atoms with Crippen molar-refractivity contribution in [3.8, 4) is 0 Å². The van der Waals surface area contributed by atoms with Crippen LogP contribution in [0.15, 0.2) is 24.3 Å². The van der Waals surface area contributed by atoms with Crippen LogP contribution in [0.1, 0.15) is 25.7 Å². The molecule has 0 spiro atoms. The van der Waals surface area contributed by atoms with E-state index in [9.17, 15) is 9.59 Å². The summed E-state index contributed by atoms with van der Waals surface area (Å²) in [5.41, 5.74) is 1.73. The Morgan fingerprint density at radius 2 is 2.00 bits per heavy atom. The fraction of sp³-hybridized carbons (Fsp3) is 0.357. The summed E-state index contributed by atoms with van der Waals surface area (Å²) in [5, 5.41) is 2.80. The van der Waals surface area contributed by atoms with E-state index in [-0.39, 0.29) is 17.6 Å². The number of ketones is 1. The number of hydrogen-bond acceptors (Lipinski definition) is 3. The summed E-state index contributed by atoms with van der Waals surface area (Å²) < 4.78 is 0. The molecule has 2 aromatic rings. The minimum absolute atomic E-state index is 0.0495. The largest absolute Gasteiger partial charge is 0.324 e. The van der Waals surface area contributed by atoms with E-state index in [1.165, 1.54) is 0 Å². The highest BCUT2D eigenvalue weighted by molar-refractivity contribution is 5.94. The number of Topliss-reactive ketones (excluding diaryl/α,β-unsaturated/α-hetero) is 1. The Kier molecular flexibility index (Phi) is 3.03. The van der Waals surface area contributed by atoms with E-state index in [4.69, 9.17) is 0 Å². The van der Waals surface area contributed by atoms with Crippen LogP contribution in [0.3, 0.4) is 0 Å². The van der Waals surface area contributed by atoms with Crippen molar-refractivity contribution in [2.45, 2.75) is 25.7 Å². The molecule has 3 rings (SSSR count). The van der Waals surface area contributed by atoms with Crippen molar-refractivity contribution in [2.75, 3.05) is 5.32 Å². The van der Waals surface area contributed by atoms with E-state index in [0.717, 1.165) is 11.0 Å². The van der Waals surface area contributed by atoms with Gasteiger partial charge in [-0.3, -0.25) is 14.9 Å². The molecule has 1 aliphatic rings. The summed E-state index contributed by atoms with van der Waals surface area (Å²) in [4.78, 5) is 30.6. The topological polar surface area (TPSA) is 74.8 Å². The predicted molar refractivity (Wildman–Crippen MR) is 71.7 cm³/mol. The van der Waals surface area contributed by atoms with Crippen molar-refractivity contribution in [1.29, 1.82) is 0 Å². The second-order valence-corrected chi connectivity index (χ2v) is 4.90. The molecule has 1 aliphatic carbocycles. The molecule has 1 heterocycles. The Bertz CT molecular complexity index is 589. The van der Waals surface area contributed by atoms with Crippen molar-refractivity contribution in [3.63, 3.8) is 0 Å². The third kappa shape index (κ3) is 2.50. The average molecular weight is 257 g/mol. The van der Waals surface area contributed by atoms with Crippen molar-refractivity contribution in [3.05, 3.63) is 24.3 Å². The van der Waals surface area contributed by atoms with Gasteiger partial charge in [-0.2, -0.15) is 0 Å². The number of hydrogen-bond donors (Lipinski definition) is 2. The first-order valence-electron chi connectivity index (χ1n) is 6.50. The molecule has 1 amide bonds. The van der Waals surface area contributed by atoms with Gasteiger partial charge in [0.25, 0.3) is 0 Å². The maximum Gasteiger partial charge on any atom is 0.229 e. The number of aromatic amines is 1. The van der Waals surface area contributed by atoms with E-state index in [2.05, 4.69) is 15.3 Å². The lowest BCUT2D eigenvalue weighted by atomic mass is 9.88. The molecule has 0 aliphatic heterocycles. The molecule has 0 unspecified atom stereocenters. The highest BCUT2D eigenvalue weighted by Crippen LogP contribution is 2.23. The number of anilines is 1. The zero-order chi connectivity index (χ0) is 13.2. The number of rotatable bonds is 2. The van der Waals surface area contributed by atoms with E-state index >= 15 is 0 Å². The van der Waals surface area contributed by atoms with Crippen LogP contribution in [0.2, 0.25) is 0 Å². The maximum atomic E-state index is 12.1. The molecule has 1 aromatic carbocycles. The van der Waals surface area contributed by atoms with Crippen LogP contribution in [0, 0.1) is 5.92 Å². The third-order valence-electron chi connectivity index (χ3n) is 3.55. The molecule has 1 fully saturated rings. The molecule has 2 N–H and O–H groups in total. The summed E-state index contributed by atoms with van der Waals surface area (Å²) in [6.45, 7) is 0. The quantitative estimate of drug-likeness (QED) is 0.866. The number of H-pyrrole nitrogens is 1. The maximum absolute atomic E-state index is 12.1. The number of amides is 1. The minimum Gasteiger partial charge on any atom is -0.324 e. The van der Waals surface area contributed by atoms with Crippen molar-refractivity contribution >= 4 is 28.7 Å². The van der Waals surface area contributed by atoms with E-state index in [1.54, 1.807) is 0 Å². The van der Waals surface area contributed by atoms with Crippen LogP contribution in [0.4, 0.5) is 5.95 Å². The monoisotopic (exact) mass is 257 g/mol. The van der Waals surface area contributed by atoms with Gasteiger partial charge < -0.3 is 4.98 Å². The molecule has 98 valence electrons. The smallest absolute Gasteiger partial charge is 0.229 e. The molecular weight excluding hydrogens is 242 g/mol. The normalized spacial score (nSPS) is 16.7. The zero-order valence-corrected chi connectivity index (χ0v) is 10.5. The standard InChI is InChI=1S/C14H15N3O2/c18-10-7-5-9(6-8-10)13(19)17-14-15-11-3-1-2-4-12(11)16-14/h1-4,9H,5-8H2,(H2,15,16,17,19). The molecular formula is C14H15N3O2. The van der Waals surface area contributed by atoms with Crippen molar-refractivity contribution in [1.82, 2.24) is 9.97 Å². The SMILES string of the molecule is O=C1CCC(C(=O)Nc2nc3ccccc3[nH]2)CC1. The lowest BCUT2D eigenvalue weighted by molar-refractivity contribution is -0.125. The molecule has 0 radical (unpaired) electrons. The molecule has 0 atom stereocenters. The summed E-state index contributed by atoms with van der Waals surface area (Å²) in [5.74, 6) is 0.605. The molecule has 19 heavy (non-hydrogen) atoms. The van der Waals surface area contributed by atoms with Gasteiger partial charge >= 0.3 is 0 Å². The van der Waals surface area contributed by atoms with E-state index < -0.39 is 0 Å². The lowest BCUT2D eigenvalue weighted by Crippen LogP contribution is -2.27. The number of fused-ring (bicyclic) bond motifs is 1. The number of nitrogens with one attached hydrogen (secondary N) is 2. The second-order valence-electron chi connectivity index (χ2n) is 4.90. The van der Waals surface area contributed by atoms with Crippen LogP contribution >= 0.6 is 0 Å². The Labute approximate surface area is 110 Å². The summed E-state index contributed by atoms with van der Waals surface area (Å²) in [6, 6.07) is 7.62. The van der Waals surface area contributed by atoms with Gasteiger partial charge in [-0.25, -0.2) is 4.98 Å². The molecule has 5 heteroatoms. The van der Waals surface area contributed by atoms with E-state index in [1.807, 2.05) is 24.3 Å². The first-order chi connectivity index (χ1) is 9.22. The number of imidazole rings is 1. The van der Waals surface area contributed by atoms with Crippen LogP contribution in [0.5, 0.6) is 0 Å². The molecule has 1 aromatic heterocycles. The fourth-order valence-corrected chi connectivity index (χ4v) is 2.43. The number of para-hydroxylation sites is 2. The number of nitrogens with zero attached hydrogens (tertiary/aromatic N) is 1. The van der Waals surface area contributed by atoms with Gasteiger partial charge in [0, 0.05) is 18.8 Å². The highest BCUT2D eigenvalue weighted by atomic mass is 16.2. The summed E-state index contributed by atoms with van der Waals surface area (Å²) in [7, 11) is 0. The van der Waals surface area contributed by atoms with Crippen LogP contribution < -0.4 is 5.32 Å². The minimum atomic E-state index is -0.0779. The van der Waals surface area contributed by atoms with Crippen LogP contribution in [0.25, 0.3) is 11.0 Å². The molecule has 0 bridgehead atoms. The fourth-order valence-electron chi connectivity index (χ4n) is 2.43. The van der Waals surface area contributed by atoms with Gasteiger partial charge in [0.1, 0.15) is 5.78 Å². The van der Waals surface area contributed by atoms with Gasteiger partial charge in [-0.05, 0) is 25.0 Å². The van der Waals surface area contributed by atoms with E-state index in [0.29, 0.717) is 31.6 Å². The van der Waals surface area contributed by atoms with Gasteiger partial charge in [-0.15, -0.1) is 0 Å². The Morgan fingerprint density at radius 1 is 1.26 bits per heavy atom. The molecule has 0 saturated heterocycles. The van der Waals surface area contributed by atoms with Crippen molar-refractivity contribution in [2.24, 2.45) is 5.92 Å². The summed E-state index contributed by atoms with van der Waals surface area (Å²) >= 11 is 0. The number of benzene rings is 1. The van der Waals surface area contributed by atoms with Gasteiger partial charge in [0.15, 0.2) is 0 Å². The van der Waals surface area contributed by atoms with Gasteiger partial charge in [0.2, 0.25) is 11.9 Å². The molecule has 5 nitrogen and oxygen atoms in total. The average Bonchev–Trinajstić information content (AvgIpc) is 2.81.